The monoisotopic (exact) mass is 345 g/mol. The number of aryl methyl sites for hydroxylation is 1. The minimum absolute atomic E-state index is 0.0441. The van der Waals surface area contributed by atoms with Crippen molar-refractivity contribution in [1.29, 1.82) is 0 Å². The molecule has 6 nitrogen and oxygen atoms in total. The number of hydrogen-bond donors (Lipinski definition) is 1. The normalized spacial score (nSPS) is 16.3. The number of methoxy groups -OCH3 is 1. The Balaban J connectivity index is 1.63. The Bertz CT molecular complexity index is 802. The molecular weight excluding hydrogens is 326 g/mol. The van der Waals surface area contributed by atoms with Crippen LogP contribution in [0.5, 0.6) is 5.75 Å². The van der Waals surface area contributed by atoms with E-state index in [0.29, 0.717) is 29.6 Å². The molecule has 0 aliphatic carbocycles. The molecule has 3 rings (SSSR count). The quantitative estimate of drug-likeness (QED) is 0.852. The smallest absolute Gasteiger partial charge is 0.257 e. The molecular formula is C17H19N3O3S. The van der Waals surface area contributed by atoms with Crippen LogP contribution in [0.4, 0.5) is 0 Å². The van der Waals surface area contributed by atoms with Gasteiger partial charge in [0.2, 0.25) is 5.91 Å². The van der Waals surface area contributed by atoms with E-state index in [2.05, 4.69) is 10.3 Å². The Kier molecular flexibility index (Phi) is 4.89. The fourth-order valence-electron chi connectivity index (χ4n) is 2.54. The lowest BCUT2D eigenvalue weighted by molar-refractivity contribution is -0.125. The maximum atomic E-state index is 12.4. The molecule has 1 aliphatic heterocycles. The van der Waals surface area contributed by atoms with Crippen LogP contribution in [0.25, 0.3) is 0 Å². The fourth-order valence-corrected chi connectivity index (χ4v) is 3.58. The number of carbonyl (C=O) groups excluding carboxylic acids is 1. The minimum atomic E-state index is -0.234. The van der Waals surface area contributed by atoms with E-state index < -0.39 is 0 Å². The van der Waals surface area contributed by atoms with Crippen LogP contribution in [0.1, 0.15) is 11.1 Å². The van der Waals surface area contributed by atoms with Crippen molar-refractivity contribution in [1.82, 2.24) is 14.9 Å². The zero-order valence-corrected chi connectivity index (χ0v) is 14.4. The van der Waals surface area contributed by atoms with Crippen LogP contribution in [0.15, 0.2) is 40.4 Å². The highest BCUT2D eigenvalue weighted by Gasteiger charge is 2.26. The summed E-state index contributed by atoms with van der Waals surface area (Å²) >= 11 is 1.45. The molecule has 1 N–H and O–H groups in total. The first-order chi connectivity index (χ1) is 11.6. The highest BCUT2D eigenvalue weighted by molar-refractivity contribution is 7.99. The Morgan fingerprint density at radius 3 is 2.88 bits per heavy atom. The maximum Gasteiger partial charge on any atom is 0.257 e. The van der Waals surface area contributed by atoms with Gasteiger partial charge in [-0.1, -0.05) is 23.9 Å². The van der Waals surface area contributed by atoms with Crippen molar-refractivity contribution in [3.8, 4) is 5.75 Å². The standard InChI is InChI=1S/C17H19N3O3S/c1-11-7-19-17-20(16(11)22)9-13(10-24-17)15(21)18-8-12-3-5-14(23-2)6-4-12/h3-7,13H,8-10H2,1-2H3,(H,18,21). The van der Waals surface area contributed by atoms with E-state index in [4.69, 9.17) is 4.74 Å². The summed E-state index contributed by atoms with van der Waals surface area (Å²) < 4.78 is 6.71. The molecule has 1 atom stereocenters. The summed E-state index contributed by atoms with van der Waals surface area (Å²) in [6, 6.07) is 7.56. The highest BCUT2D eigenvalue weighted by Crippen LogP contribution is 2.25. The number of amides is 1. The van der Waals surface area contributed by atoms with E-state index in [-0.39, 0.29) is 17.4 Å². The summed E-state index contributed by atoms with van der Waals surface area (Å²) in [6.07, 6.45) is 1.59. The van der Waals surface area contributed by atoms with Crippen molar-refractivity contribution in [3.63, 3.8) is 0 Å². The summed E-state index contributed by atoms with van der Waals surface area (Å²) in [4.78, 5) is 28.9. The molecule has 24 heavy (non-hydrogen) atoms. The van der Waals surface area contributed by atoms with E-state index in [9.17, 15) is 9.59 Å². The van der Waals surface area contributed by atoms with Gasteiger partial charge in [0, 0.05) is 30.6 Å². The molecule has 2 heterocycles. The van der Waals surface area contributed by atoms with Crippen molar-refractivity contribution >= 4 is 17.7 Å². The number of ether oxygens (including phenoxy) is 1. The third kappa shape index (κ3) is 3.46. The molecule has 1 aliphatic rings. The number of thioether (sulfide) groups is 1. The lowest BCUT2D eigenvalue weighted by atomic mass is 10.1. The van der Waals surface area contributed by atoms with E-state index in [1.807, 2.05) is 24.3 Å². The molecule has 0 saturated carbocycles. The zero-order chi connectivity index (χ0) is 17.1. The lowest BCUT2D eigenvalue weighted by Gasteiger charge is -2.24. The molecule has 0 bridgehead atoms. The molecule has 0 saturated heterocycles. The summed E-state index contributed by atoms with van der Waals surface area (Å²) in [5, 5.41) is 3.63. The lowest BCUT2D eigenvalue weighted by Crippen LogP contribution is -2.40. The number of hydrogen-bond acceptors (Lipinski definition) is 5. The van der Waals surface area contributed by atoms with Gasteiger partial charge in [-0.15, -0.1) is 0 Å². The predicted octanol–water partition coefficient (Wildman–Crippen LogP) is 1.60. The van der Waals surface area contributed by atoms with Crippen LogP contribution in [-0.4, -0.2) is 28.3 Å². The summed E-state index contributed by atoms with van der Waals surface area (Å²) in [7, 11) is 1.62. The molecule has 2 aromatic rings. The summed E-state index contributed by atoms with van der Waals surface area (Å²) in [5.41, 5.74) is 1.53. The second kappa shape index (κ2) is 7.09. The molecule has 1 aromatic carbocycles. The van der Waals surface area contributed by atoms with Gasteiger partial charge >= 0.3 is 0 Å². The molecule has 126 valence electrons. The first-order valence-electron chi connectivity index (χ1n) is 7.68. The van der Waals surface area contributed by atoms with E-state index >= 15 is 0 Å². The summed E-state index contributed by atoms with van der Waals surface area (Å²) in [5.74, 6) is 1.14. The molecule has 0 radical (unpaired) electrons. The predicted molar refractivity (Wildman–Crippen MR) is 92.3 cm³/mol. The van der Waals surface area contributed by atoms with E-state index in [1.165, 1.54) is 11.8 Å². The topological polar surface area (TPSA) is 73.2 Å². The first kappa shape index (κ1) is 16.6. The zero-order valence-electron chi connectivity index (χ0n) is 13.6. The van der Waals surface area contributed by atoms with Gasteiger partial charge in [0.15, 0.2) is 5.16 Å². The molecule has 1 amide bonds. The Hall–Kier alpha value is -2.28. The first-order valence-corrected chi connectivity index (χ1v) is 8.67. The second-order valence-corrected chi connectivity index (χ2v) is 6.70. The van der Waals surface area contributed by atoms with Crippen molar-refractivity contribution in [2.24, 2.45) is 5.92 Å². The average molecular weight is 345 g/mol. The number of aromatic nitrogens is 2. The number of nitrogens with one attached hydrogen (secondary N) is 1. The van der Waals surface area contributed by atoms with Crippen molar-refractivity contribution < 1.29 is 9.53 Å². The van der Waals surface area contributed by atoms with Gasteiger partial charge in [0.1, 0.15) is 5.75 Å². The molecule has 1 aromatic heterocycles. The Morgan fingerprint density at radius 2 is 2.17 bits per heavy atom. The van der Waals surface area contributed by atoms with Crippen LogP contribution < -0.4 is 15.6 Å². The fraction of sp³-hybridized carbons (Fsp3) is 0.353. The Morgan fingerprint density at radius 1 is 1.42 bits per heavy atom. The largest absolute Gasteiger partial charge is 0.497 e. The average Bonchev–Trinajstić information content (AvgIpc) is 2.63. The van der Waals surface area contributed by atoms with Gasteiger partial charge in [-0.25, -0.2) is 4.98 Å². The third-order valence-corrected chi connectivity index (χ3v) is 5.15. The molecule has 7 heteroatoms. The highest BCUT2D eigenvalue weighted by atomic mass is 32.2. The van der Waals surface area contributed by atoms with Gasteiger partial charge in [-0.3, -0.25) is 14.2 Å². The SMILES string of the molecule is COc1ccc(CNC(=O)C2CSc3ncc(C)c(=O)n3C2)cc1. The van der Waals surface area contributed by atoms with Gasteiger partial charge in [-0.05, 0) is 24.6 Å². The minimum Gasteiger partial charge on any atom is -0.497 e. The van der Waals surface area contributed by atoms with Gasteiger partial charge in [0.25, 0.3) is 5.56 Å². The summed E-state index contributed by atoms with van der Waals surface area (Å²) in [6.45, 7) is 2.57. The van der Waals surface area contributed by atoms with Gasteiger partial charge < -0.3 is 10.1 Å². The number of nitrogens with zero attached hydrogens (tertiary/aromatic N) is 2. The van der Waals surface area contributed by atoms with E-state index in [1.54, 1.807) is 24.8 Å². The van der Waals surface area contributed by atoms with E-state index in [0.717, 1.165) is 11.3 Å². The number of benzene rings is 1. The van der Waals surface area contributed by atoms with Crippen molar-refractivity contribution in [3.05, 3.63) is 51.9 Å². The van der Waals surface area contributed by atoms with Crippen LogP contribution in [0, 0.1) is 12.8 Å². The molecule has 1 unspecified atom stereocenters. The molecule has 0 fully saturated rings. The van der Waals surface area contributed by atoms with Crippen molar-refractivity contribution in [2.75, 3.05) is 12.9 Å². The number of rotatable bonds is 4. The maximum absolute atomic E-state index is 12.4. The van der Waals surface area contributed by atoms with Crippen molar-refractivity contribution in [2.45, 2.75) is 25.2 Å². The third-order valence-electron chi connectivity index (χ3n) is 4.00. The van der Waals surface area contributed by atoms with Crippen LogP contribution in [0.2, 0.25) is 0 Å². The number of carbonyl (C=O) groups is 1. The van der Waals surface area contributed by atoms with Crippen LogP contribution >= 0.6 is 11.8 Å². The molecule has 0 spiro atoms. The second-order valence-electron chi connectivity index (χ2n) is 5.71. The van der Waals surface area contributed by atoms with Crippen LogP contribution in [0.3, 0.4) is 0 Å². The van der Waals surface area contributed by atoms with Gasteiger partial charge in [0.05, 0.1) is 13.0 Å². The number of fused-ring (bicyclic) bond motifs is 1. The van der Waals surface area contributed by atoms with Crippen LogP contribution in [-0.2, 0) is 17.9 Å². The van der Waals surface area contributed by atoms with Gasteiger partial charge in [-0.2, -0.15) is 0 Å². The Labute approximate surface area is 144 Å².